The number of hydrogen-bond acceptors (Lipinski definition) is 3. The maximum absolute atomic E-state index is 13.6. The summed E-state index contributed by atoms with van der Waals surface area (Å²) in [4.78, 5) is 13.4. The third-order valence-corrected chi connectivity index (χ3v) is 7.56. The van der Waals surface area contributed by atoms with E-state index in [2.05, 4.69) is 0 Å². The molecule has 0 radical (unpaired) electrons. The molecule has 1 saturated carbocycles. The molecule has 0 amide bonds. The van der Waals surface area contributed by atoms with Gasteiger partial charge in [-0.3, -0.25) is 4.79 Å². The lowest BCUT2D eigenvalue weighted by molar-refractivity contribution is -0.144. The molecule has 1 heterocycles. The van der Waals surface area contributed by atoms with Crippen molar-refractivity contribution in [3.63, 3.8) is 0 Å². The van der Waals surface area contributed by atoms with Crippen LogP contribution < -0.4 is 0 Å². The number of hydrogen-bond donors (Lipinski definition) is 1. The van der Waals surface area contributed by atoms with E-state index in [1.807, 2.05) is 4.90 Å². The van der Waals surface area contributed by atoms with Crippen LogP contribution in [0.3, 0.4) is 0 Å². The zero-order valence-electron chi connectivity index (χ0n) is 20.5. The van der Waals surface area contributed by atoms with E-state index in [4.69, 9.17) is 4.74 Å². The molecule has 4 rings (SSSR count). The van der Waals surface area contributed by atoms with Gasteiger partial charge in [0, 0.05) is 19.0 Å². The van der Waals surface area contributed by atoms with Gasteiger partial charge >= 0.3 is 18.3 Å². The first kappa shape index (κ1) is 28.4. The summed E-state index contributed by atoms with van der Waals surface area (Å²) >= 11 is 0. The maximum Gasteiger partial charge on any atom is 0.416 e. The number of carbonyl (C=O) groups is 1. The summed E-state index contributed by atoms with van der Waals surface area (Å²) in [5, 5.41) is 9.31. The molecule has 2 aromatic carbocycles. The summed E-state index contributed by atoms with van der Waals surface area (Å²) in [5.74, 6) is -2.08. The van der Waals surface area contributed by atoms with E-state index in [0.29, 0.717) is 51.0 Å². The number of halogens is 7. The van der Waals surface area contributed by atoms with E-state index in [0.717, 1.165) is 5.56 Å². The van der Waals surface area contributed by atoms with Crippen molar-refractivity contribution in [2.75, 3.05) is 19.6 Å². The van der Waals surface area contributed by atoms with Crippen molar-refractivity contribution in [3.8, 4) is 0 Å². The van der Waals surface area contributed by atoms with Crippen molar-refractivity contribution in [1.29, 1.82) is 0 Å². The first-order valence-corrected chi connectivity index (χ1v) is 12.4. The van der Waals surface area contributed by atoms with Crippen LogP contribution in [0.15, 0.2) is 42.5 Å². The van der Waals surface area contributed by atoms with Crippen LogP contribution in [-0.4, -0.2) is 41.7 Å². The number of likely N-dealkylation sites (tertiary alicyclic amines) is 1. The van der Waals surface area contributed by atoms with Gasteiger partial charge in [-0.15, -0.1) is 0 Å². The second kappa shape index (κ2) is 10.8. The minimum Gasteiger partial charge on any atom is -0.481 e. The van der Waals surface area contributed by atoms with Gasteiger partial charge in [0.25, 0.3) is 0 Å². The van der Waals surface area contributed by atoms with Gasteiger partial charge < -0.3 is 14.7 Å². The number of ether oxygens (including phenoxy) is 1. The van der Waals surface area contributed by atoms with E-state index in [9.17, 15) is 40.6 Å². The van der Waals surface area contributed by atoms with E-state index in [1.165, 1.54) is 19.1 Å². The minimum atomic E-state index is -4.96. The monoisotopic (exact) mass is 547 g/mol. The van der Waals surface area contributed by atoms with Crippen LogP contribution in [-0.2, 0) is 21.9 Å². The molecule has 2 aromatic rings. The van der Waals surface area contributed by atoms with Gasteiger partial charge in [0.1, 0.15) is 5.82 Å². The maximum atomic E-state index is 13.6. The predicted molar refractivity (Wildman–Crippen MR) is 124 cm³/mol. The fraction of sp³-hybridized carbons (Fsp3) is 0.519. The fourth-order valence-corrected chi connectivity index (χ4v) is 5.66. The van der Waals surface area contributed by atoms with Crippen LogP contribution in [0.4, 0.5) is 30.7 Å². The molecule has 1 saturated heterocycles. The minimum absolute atomic E-state index is 0.0162. The van der Waals surface area contributed by atoms with Crippen molar-refractivity contribution < 1.29 is 45.4 Å². The molecule has 4 nitrogen and oxygen atoms in total. The molecule has 0 spiro atoms. The Morgan fingerprint density at radius 2 is 1.61 bits per heavy atom. The molecule has 208 valence electrons. The van der Waals surface area contributed by atoms with E-state index < -0.39 is 53.4 Å². The van der Waals surface area contributed by atoms with Gasteiger partial charge in [-0.25, -0.2) is 4.39 Å². The van der Waals surface area contributed by atoms with E-state index >= 15 is 0 Å². The van der Waals surface area contributed by atoms with Gasteiger partial charge in [0.15, 0.2) is 0 Å². The lowest BCUT2D eigenvalue weighted by atomic mass is 9.87. The Kier molecular flexibility index (Phi) is 8.09. The van der Waals surface area contributed by atoms with Gasteiger partial charge in [-0.05, 0) is 80.1 Å². The highest BCUT2D eigenvalue weighted by Gasteiger charge is 2.42. The molecular weight excluding hydrogens is 519 g/mol. The standard InChI is InChI=1S/C27H28F7NO3/c1-15(19-10-20(26(29,30)31)12-21(11-19)27(32,33)34)38-23-7-4-17(13-35-9-8-18(14-35)25(36)37)24(23)16-2-5-22(28)6-3-16/h2-3,5-6,10-12,15,17-18,23-24H,4,7-9,13-14H2,1H3,(H,36,37)/t15-,17+,18?,23+,24+/m1/s1. The SMILES string of the molecule is C[C@@H](O[C@H]1CC[C@@H](CN2CCC(C(=O)O)C2)[C@@H]1c1ccc(F)cc1)c1cc(C(F)(F)F)cc(C(F)(F)F)c1. The summed E-state index contributed by atoms with van der Waals surface area (Å²) in [6.45, 7) is 2.98. The van der Waals surface area contributed by atoms with Gasteiger partial charge in [0.2, 0.25) is 0 Å². The van der Waals surface area contributed by atoms with Gasteiger partial charge in [-0.1, -0.05) is 12.1 Å². The number of carboxylic acid groups (broad SMARTS) is 1. The Labute approximate surface area is 215 Å². The quantitative estimate of drug-likeness (QED) is 0.383. The third kappa shape index (κ3) is 6.48. The molecule has 2 fully saturated rings. The lowest BCUT2D eigenvalue weighted by Crippen LogP contribution is -2.32. The molecule has 38 heavy (non-hydrogen) atoms. The lowest BCUT2D eigenvalue weighted by Gasteiger charge is -2.30. The molecule has 1 N–H and O–H groups in total. The van der Waals surface area contributed by atoms with Crippen LogP contribution in [0.1, 0.15) is 60.5 Å². The van der Waals surface area contributed by atoms with Crippen molar-refractivity contribution in [1.82, 2.24) is 4.90 Å². The number of carboxylic acids is 1. The largest absolute Gasteiger partial charge is 0.481 e. The molecule has 0 bridgehead atoms. The number of alkyl halides is 6. The molecule has 1 aliphatic heterocycles. The average Bonchev–Trinajstić information content (AvgIpc) is 3.46. The second-order valence-electron chi connectivity index (χ2n) is 10.2. The van der Waals surface area contributed by atoms with E-state index in [1.54, 1.807) is 12.1 Å². The summed E-state index contributed by atoms with van der Waals surface area (Å²) in [7, 11) is 0. The molecule has 2 aliphatic rings. The Morgan fingerprint density at radius 1 is 1.00 bits per heavy atom. The van der Waals surface area contributed by atoms with Crippen LogP contribution in [0.5, 0.6) is 0 Å². The normalized spacial score (nSPS) is 25.6. The van der Waals surface area contributed by atoms with Crippen LogP contribution in [0.2, 0.25) is 0 Å². The Morgan fingerprint density at radius 3 is 2.13 bits per heavy atom. The Hall–Kier alpha value is -2.66. The fourth-order valence-electron chi connectivity index (χ4n) is 5.66. The molecule has 1 unspecified atom stereocenters. The third-order valence-electron chi connectivity index (χ3n) is 7.56. The van der Waals surface area contributed by atoms with Crippen LogP contribution in [0.25, 0.3) is 0 Å². The smallest absolute Gasteiger partial charge is 0.416 e. The molecular formula is C27H28F7NO3. The van der Waals surface area contributed by atoms with Crippen LogP contribution in [0, 0.1) is 17.7 Å². The average molecular weight is 548 g/mol. The van der Waals surface area contributed by atoms with Gasteiger partial charge in [0.05, 0.1) is 29.3 Å². The summed E-state index contributed by atoms with van der Waals surface area (Å²) in [6, 6.07) is 7.24. The van der Waals surface area contributed by atoms with Gasteiger partial charge in [-0.2, -0.15) is 26.3 Å². The van der Waals surface area contributed by atoms with Crippen molar-refractivity contribution >= 4 is 5.97 Å². The molecule has 1 aliphatic carbocycles. The number of nitrogens with zero attached hydrogens (tertiary/aromatic N) is 1. The highest BCUT2D eigenvalue weighted by atomic mass is 19.4. The zero-order valence-corrected chi connectivity index (χ0v) is 20.5. The van der Waals surface area contributed by atoms with Crippen molar-refractivity contribution in [2.24, 2.45) is 11.8 Å². The highest BCUT2D eigenvalue weighted by molar-refractivity contribution is 5.70. The molecule has 5 atom stereocenters. The zero-order chi connectivity index (χ0) is 27.8. The number of aliphatic carboxylic acids is 1. The van der Waals surface area contributed by atoms with Crippen molar-refractivity contribution in [3.05, 3.63) is 70.5 Å². The van der Waals surface area contributed by atoms with Crippen molar-refractivity contribution in [2.45, 2.75) is 56.7 Å². The Bertz CT molecular complexity index is 1100. The first-order chi connectivity index (χ1) is 17.7. The Balaban J connectivity index is 1.58. The molecule has 11 heteroatoms. The van der Waals surface area contributed by atoms with Crippen LogP contribution >= 0.6 is 0 Å². The first-order valence-electron chi connectivity index (χ1n) is 12.4. The highest BCUT2D eigenvalue weighted by Crippen LogP contribution is 2.45. The van der Waals surface area contributed by atoms with E-state index in [-0.39, 0.29) is 23.5 Å². The topological polar surface area (TPSA) is 49.8 Å². The summed E-state index contributed by atoms with van der Waals surface area (Å²) in [5.41, 5.74) is -2.30. The second-order valence-corrected chi connectivity index (χ2v) is 10.2. The number of benzene rings is 2. The number of rotatable bonds is 7. The summed E-state index contributed by atoms with van der Waals surface area (Å²) < 4.78 is 100.0. The molecule has 0 aromatic heterocycles. The summed E-state index contributed by atoms with van der Waals surface area (Å²) in [6.07, 6.45) is -9.86. The predicted octanol–water partition coefficient (Wildman–Crippen LogP) is 6.91.